The Morgan fingerprint density at radius 3 is 3.00 bits per heavy atom. The van der Waals surface area contributed by atoms with Gasteiger partial charge in [-0.25, -0.2) is 0 Å². The third-order valence-electron chi connectivity index (χ3n) is 1.55. The normalized spacial score (nSPS) is 12.5. The number of carbonyl (C=O) groups is 1. The molecule has 72 valence electrons. The van der Waals surface area contributed by atoms with Crippen LogP contribution in [0, 0.1) is 0 Å². The molecule has 0 bridgehead atoms. The van der Waals surface area contributed by atoms with Crippen molar-refractivity contribution in [3.63, 3.8) is 0 Å². The average molecular weight is 219 g/mol. The average Bonchev–Trinajstić information content (AvgIpc) is 2.51. The van der Waals surface area contributed by atoms with Crippen molar-refractivity contribution in [3.8, 4) is 0 Å². The maximum atomic E-state index is 11.5. The second-order valence-corrected chi connectivity index (χ2v) is 4.03. The lowest BCUT2D eigenvalue weighted by Crippen LogP contribution is -2.37. The first-order valence-electron chi connectivity index (χ1n) is 3.89. The molecule has 0 aromatic carbocycles. The topological polar surface area (TPSA) is 55.1 Å². The van der Waals surface area contributed by atoms with Gasteiger partial charge in [-0.3, -0.25) is 4.79 Å². The van der Waals surface area contributed by atoms with Crippen LogP contribution < -0.4 is 11.1 Å². The Morgan fingerprint density at radius 2 is 2.54 bits per heavy atom. The van der Waals surface area contributed by atoms with Gasteiger partial charge >= 0.3 is 0 Å². The highest BCUT2D eigenvalue weighted by atomic mass is 35.5. The second kappa shape index (κ2) is 4.60. The molecular formula is C8H11ClN2OS. The summed E-state index contributed by atoms with van der Waals surface area (Å²) in [5, 5.41) is 5.01. The molecule has 13 heavy (non-hydrogen) atoms. The van der Waals surface area contributed by atoms with Crippen LogP contribution in [0.25, 0.3) is 0 Å². The van der Waals surface area contributed by atoms with Gasteiger partial charge in [-0.15, -0.1) is 11.3 Å². The molecule has 0 radical (unpaired) electrons. The first kappa shape index (κ1) is 10.5. The van der Waals surface area contributed by atoms with Gasteiger partial charge in [-0.05, 0) is 18.4 Å². The highest BCUT2D eigenvalue weighted by Crippen LogP contribution is 2.21. The van der Waals surface area contributed by atoms with Crippen LogP contribution in [0.15, 0.2) is 11.4 Å². The smallest absolute Gasteiger partial charge is 0.263 e. The van der Waals surface area contributed by atoms with E-state index in [4.69, 9.17) is 17.3 Å². The minimum absolute atomic E-state index is 0.0225. The number of nitrogens with one attached hydrogen (secondary N) is 1. The maximum Gasteiger partial charge on any atom is 0.263 e. The maximum absolute atomic E-state index is 11.5. The number of thiophene rings is 1. The lowest BCUT2D eigenvalue weighted by molar-refractivity contribution is 0.0945. The van der Waals surface area contributed by atoms with E-state index in [1.807, 2.05) is 6.92 Å². The van der Waals surface area contributed by atoms with Crippen LogP contribution in [0.3, 0.4) is 0 Å². The fraction of sp³-hybridized carbons (Fsp3) is 0.375. The number of hydrogen-bond donors (Lipinski definition) is 2. The first-order valence-corrected chi connectivity index (χ1v) is 5.15. The largest absolute Gasteiger partial charge is 0.348 e. The van der Waals surface area contributed by atoms with Gasteiger partial charge in [0.2, 0.25) is 0 Å². The van der Waals surface area contributed by atoms with E-state index in [9.17, 15) is 4.79 Å². The summed E-state index contributed by atoms with van der Waals surface area (Å²) < 4.78 is 0. The molecule has 0 aliphatic heterocycles. The predicted octanol–water partition coefficient (Wildman–Crippen LogP) is 1.48. The van der Waals surface area contributed by atoms with Gasteiger partial charge in [0.25, 0.3) is 5.91 Å². The minimum atomic E-state index is -0.155. The molecule has 0 saturated carbocycles. The first-order chi connectivity index (χ1) is 6.15. The Kier molecular flexibility index (Phi) is 3.71. The number of rotatable bonds is 3. The summed E-state index contributed by atoms with van der Waals surface area (Å²) in [6.07, 6.45) is 0. The van der Waals surface area contributed by atoms with Crippen LogP contribution in [0.5, 0.6) is 0 Å². The zero-order valence-electron chi connectivity index (χ0n) is 7.21. The minimum Gasteiger partial charge on any atom is -0.348 e. The highest BCUT2D eigenvalue weighted by Gasteiger charge is 2.12. The quantitative estimate of drug-likeness (QED) is 0.808. The molecule has 0 spiro atoms. The summed E-state index contributed by atoms with van der Waals surface area (Å²) >= 11 is 7.10. The summed E-state index contributed by atoms with van der Waals surface area (Å²) in [5.41, 5.74) is 5.37. The van der Waals surface area contributed by atoms with Crippen LogP contribution in [-0.2, 0) is 0 Å². The molecule has 1 amide bonds. The second-order valence-electron chi connectivity index (χ2n) is 2.71. The SMILES string of the molecule is CC(CN)NC(=O)c1sccc1Cl. The summed E-state index contributed by atoms with van der Waals surface area (Å²) in [7, 11) is 0. The van der Waals surface area contributed by atoms with E-state index < -0.39 is 0 Å². The van der Waals surface area contributed by atoms with E-state index in [0.717, 1.165) is 0 Å². The van der Waals surface area contributed by atoms with Gasteiger partial charge in [-0.1, -0.05) is 11.6 Å². The number of nitrogens with two attached hydrogens (primary N) is 1. The summed E-state index contributed by atoms with van der Waals surface area (Å²) in [5.74, 6) is -0.155. The van der Waals surface area contributed by atoms with Gasteiger partial charge < -0.3 is 11.1 Å². The van der Waals surface area contributed by atoms with E-state index in [-0.39, 0.29) is 11.9 Å². The zero-order chi connectivity index (χ0) is 9.84. The van der Waals surface area contributed by atoms with Crippen LogP contribution in [0.1, 0.15) is 16.6 Å². The molecule has 3 N–H and O–H groups in total. The third kappa shape index (κ3) is 2.69. The Bertz CT molecular complexity index is 300. The van der Waals surface area contributed by atoms with E-state index in [1.165, 1.54) is 11.3 Å². The molecule has 0 aliphatic rings. The van der Waals surface area contributed by atoms with E-state index in [1.54, 1.807) is 11.4 Å². The standard InChI is InChI=1S/C8H11ClN2OS/c1-5(4-10)11-8(12)7-6(9)2-3-13-7/h2-3,5H,4,10H2,1H3,(H,11,12). The van der Waals surface area contributed by atoms with E-state index in [0.29, 0.717) is 16.4 Å². The van der Waals surface area contributed by atoms with Crippen molar-refractivity contribution in [1.82, 2.24) is 5.32 Å². The van der Waals surface area contributed by atoms with Gasteiger partial charge in [0.15, 0.2) is 0 Å². The number of halogens is 1. The molecule has 1 rings (SSSR count). The van der Waals surface area contributed by atoms with Crippen molar-refractivity contribution < 1.29 is 4.79 Å². The van der Waals surface area contributed by atoms with E-state index >= 15 is 0 Å². The zero-order valence-corrected chi connectivity index (χ0v) is 8.78. The third-order valence-corrected chi connectivity index (χ3v) is 2.89. The predicted molar refractivity (Wildman–Crippen MR) is 55.3 cm³/mol. The Balaban J connectivity index is 2.64. The molecular weight excluding hydrogens is 208 g/mol. The number of amides is 1. The van der Waals surface area contributed by atoms with Gasteiger partial charge in [-0.2, -0.15) is 0 Å². The van der Waals surface area contributed by atoms with Gasteiger partial charge in [0.1, 0.15) is 4.88 Å². The molecule has 0 saturated heterocycles. The molecule has 1 aromatic rings. The molecule has 5 heteroatoms. The van der Waals surface area contributed by atoms with Crippen LogP contribution in [-0.4, -0.2) is 18.5 Å². The van der Waals surface area contributed by atoms with Crippen molar-refractivity contribution in [3.05, 3.63) is 21.3 Å². The van der Waals surface area contributed by atoms with Crippen molar-refractivity contribution >= 4 is 28.8 Å². The lowest BCUT2D eigenvalue weighted by Gasteiger charge is -2.09. The van der Waals surface area contributed by atoms with Crippen LogP contribution in [0.2, 0.25) is 5.02 Å². The van der Waals surface area contributed by atoms with Gasteiger partial charge in [0.05, 0.1) is 5.02 Å². The Hall–Kier alpha value is -0.580. The summed E-state index contributed by atoms with van der Waals surface area (Å²) in [6, 6.07) is 1.68. The van der Waals surface area contributed by atoms with Crippen molar-refractivity contribution in [1.29, 1.82) is 0 Å². The highest BCUT2D eigenvalue weighted by molar-refractivity contribution is 7.12. The number of carbonyl (C=O) groups excluding carboxylic acids is 1. The molecule has 0 aliphatic carbocycles. The van der Waals surface area contributed by atoms with E-state index in [2.05, 4.69) is 5.32 Å². The molecule has 0 fully saturated rings. The molecule has 1 heterocycles. The lowest BCUT2D eigenvalue weighted by atomic mass is 10.3. The van der Waals surface area contributed by atoms with Crippen molar-refractivity contribution in [2.45, 2.75) is 13.0 Å². The molecule has 1 unspecified atom stereocenters. The van der Waals surface area contributed by atoms with Crippen LogP contribution >= 0.6 is 22.9 Å². The Labute approximate surface area is 85.9 Å². The monoisotopic (exact) mass is 218 g/mol. The fourth-order valence-corrected chi connectivity index (χ4v) is 1.85. The Morgan fingerprint density at radius 1 is 1.85 bits per heavy atom. The van der Waals surface area contributed by atoms with Crippen molar-refractivity contribution in [2.24, 2.45) is 5.73 Å². The molecule has 1 atom stereocenters. The van der Waals surface area contributed by atoms with Crippen molar-refractivity contribution in [2.75, 3.05) is 6.54 Å². The van der Waals surface area contributed by atoms with Gasteiger partial charge in [0, 0.05) is 12.6 Å². The fourth-order valence-electron chi connectivity index (χ4n) is 0.804. The molecule has 3 nitrogen and oxygen atoms in total. The van der Waals surface area contributed by atoms with Crippen LogP contribution in [0.4, 0.5) is 0 Å². The molecule has 1 aromatic heterocycles. The summed E-state index contributed by atoms with van der Waals surface area (Å²) in [6.45, 7) is 2.27. The summed E-state index contributed by atoms with van der Waals surface area (Å²) in [4.78, 5) is 12.0. The number of hydrogen-bond acceptors (Lipinski definition) is 3.